The molecule has 8 nitrogen and oxygen atoms in total. The van der Waals surface area contributed by atoms with Crippen LogP contribution in [-0.2, 0) is 13.6 Å². The zero-order valence-corrected chi connectivity index (χ0v) is 12.8. The van der Waals surface area contributed by atoms with Gasteiger partial charge in [0.2, 0.25) is 5.95 Å². The quantitative estimate of drug-likeness (QED) is 0.552. The molecule has 2 N–H and O–H groups in total. The van der Waals surface area contributed by atoms with E-state index in [0.29, 0.717) is 23.7 Å². The van der Waals surface area contributed by atoms with Crippen molar-refractivity contribution in [2.24, 2.45) is 12.1 Å². The number of anilines is 1. The predicted molar refractivity (Wildman–Crippen MR) is 88.9 cm³/mol. The Morgan fingerprint density at radius 1 is 1.30 bits per heavy atom. The summed E-state index contributed by atoms with van der Waals surface area (Å²) in [6.45, 7) is 2.40. The molecular weight excluding hydrogens is 296 g/mol. The monoisotopic (exact) mass is 312 g/mol. The summed E-state index contributed by atoms with van der Waals surface area (Å²) in [5, 5.41) is 4.14. The zero-order chi connectivity index (χ0) is 16.4. The Kier molecular flexibility index (Phi) is 3.80. The topological polar surface area (TPSA) is 97.1 Å². The molecule has 0 radical (unpaired) electrons. The van der Waals surface area contributed by atoms with E-state index in [1.54, 1.807) is 17.8 Å². The molecule has 0 aliphatic rings. The van der Waals surface area contributed by atoms with E-state index in [4.69, 9.17) is 0 Å². The van der Waals surface area contributed by atoms with E-state index in [0.717, 1.165) is 5.56 Å². The third kappa shape index (κ3) is 2.66. The molecule has 3 aromatic rings. The van der Waals surface area contributed by atoms with E-state index < -0.39 is 11.2 Å². The highest BCUT2D eigenvalue weighted by Crippen LogP contribution is 2.14. The van der Waals surface area contributed by atoms with E-state index in [1.165, 1.54) is 4.57 Å². The molecule has 0 aliphatic heterocycles. The van der Waals surface area contributed by atoms with Gasteiger partial charge in [-0.15, -0.1) is 0 Å². The van der Waals surface area contributed by atoms with Crippen LogP contribution in [0.15, 0.2) is 45.0 Å². The number of rotatable bonds is 4. The van der Waals surface area contributed by atoms with Gasteiger partial charge in [-0.05, 0) is 12.5 Å². The summed E-state index contributed by atoms with van der Waals surface area (Å²) < 4.78 is 2.98. The van der Waals surface area contributed by atoms with Crippen molar-refractivity contribution in [1.82, 2.24) is 19.1 Å². The fourth-order valence-electron chi connectivity index (χ4n) is 2.33. The number of hydrazone groups is 1. The lowest BCUT2D eigenvalue weighted by molar-refractivity contribution is 0.781. The maximum Gasteiger partial charge on any atom is 0.329 e. The summed E-state index contributed by atoms with van der Waals surface area (Å²) >= 11 is 0. The first-order valence-electron chi connectivity index (χ1n) is 7.15. The Bertz CT molecular complexity index is 981. The van der Waals surface area contributed by atoms with Crippen LogP contribution in [0.4, 0.5) is 5.95 Å². The average molecular weight is 312 g/mol. The number of aryl methyl sites for hydroxylation is 2. The van der Waals surface area contributed by atoms with Gasteiger partial charge in [0.25, 0.3) is 5.56 Å². The molecule has 0 saturated carbocycles. The maximum absolute atomic E-state index is 12.0. The standard InChI is InChI=1S/C15H16N6O2/c1-3-21-11-12(20(2)15(23)18-13(11)22)17-14(21)19-16-9-10-7-5-4-6-8-10/h4-9H,3H2,1-2H3,(H,17,19)(H,18,22,23)/b16-9-. The lowest BCUT2D eigenvalue weighted by Crippen LogP contribution is -2.29. The molecule has 23 heavy (non-hydrogen) atoms. The van der Waals surface area contributed by atoms with Gasteiger partial charge in [-0.25, -0.2) is 10.2 Å². The van der Waals surface area contributed by atoms with Crippen molar-refractivity contribution in [3.63, 3.8) is 0 Å². The zero-order valence-electron chi connectivity index (χ0n) is 12.8. The van der Waals surface area contributed by atoms with Crippen LogP contribution >= 0.6 is 0 Å². The first-order chi connectivity index (χ1) is 11.1. The van der Waals surface area contributed by atoms with Gasteiger partial charge in [0, 0.05) is 13.6 Å². The van der Waals surface area contributed by atoms with E-state index in [-0.39, 0.29) is 0 Å². The number of nitrogens with one attached hydrogen (secondary N) is 2. The summed E-state index contributed by atoms with van der Waals surface area (Å²) in [7, 11) is 1.56. The van der Waals surface area contributed by atoms with Crippen molar-refractivity contribution in [1.29, 1.82) is 0 Å². The van der Waals surface area contributed by atoms with Crippen molar-refractivity contribution in [3.05, 3.63) is 56.7 Å². The van der Waals surface area contributed by atoms with E-state index in [2.05, 4.69) is 20.5 Å². The number of hydrogen-bond acceptors (Lipinski definition) is 5. The molecule has 0 spiro atoms. The Morgan fingerprint density at radius 2 is 2.04 bits per heavy atom. The molecule has 118 valence electrons. The van der Waals surface area contributed by atoms with Crippen LogP contribution in [0.5, 0.6) is 0 Å². The number of aromatic amines is 1. The second kappa shape index (κ2) is 5.91. The summed E-state index contributed by atoms with van der Waals surface area (Å²) in [6, 6.07) is 9.59. The highest BCUT2D eigenvalue weighted by molar-refractivity contribution is 5.80. The number of aromatic nitrogens is 4. The third-order valence-corrected chi connectivity index (χ3v) is 3.50. The van der Waals surface area contributed by atoms with Crippen molar-refractivity contribution in [3.8, 4) is 0 Å². The maximum atomic E-state index is 12.0. The number of fused-ring (bicyclic) bond motifs is 1. The smallest absolute Gasteiger partial charge is 0.303 e. The molecule has 3 rings (SSSR count). The molecule has 0 atom stereocenters. The minimum Gasteiger partial charge on any atom is -0.303 e. The fourth-order valence-corrected chi connectivity index (χ4v) is 2.33. The predicted octanol–water partition coefficient (Wildman–Crippen LogP) is 0.889. The van der Waals surface area contributed by atoms with Crippen LogP contribution in [0, 0.1) is 0 Å². The van der Waals surface area contributed by atoms with E-state index in [9.17, 15) is 9.59 Å². The molecular formula is C15H16N6O2. The number of H-pyrrole nitrogens is 1. The second-order valence-corrected chi connectivity index (χ2v) is 4.95. The van der Waals surface area contributed by atoms with Gasteiger partial charge in [-0.3, -0.25) is 14.3 Å². The Hall–Kier alpha value is -3.16. The van der Waals surface area contributed by atoms with Crippen molar-refractivity contribution in [2.45, 2.75) is 13.5 Å². The highest BCUT2D eigenvalue weighted by atomic mass is 16.2. The first kappa shape index (κ1) is 14.8. The summed E-state index contributed by atoms with van der Waals surface area (Å²) in [4.78, 5) is 30.3. The van der Waals surface area contributed by atoms with E-state index in [1.807, 2.05) is 37.3 Å². The number of imidazole rings is 1. The van der Waals surface area contributed by atoms with Crippen LogP contribution in [0.2, 0.25) is 0 Å². The minimum atomic E-state index is -0.498. The molecule has 2 aromatic heterocycles. The van der Waals surface area contributed by atoms with E-state index >= 15 is 0 Å². The SMILES string of the molecule is CCn1c(N/N=C\c2ccccc2)nc2c1c(=O)[nH]c(=O)n2C. The van der Waals surface area contributed by atoms with Gasteiger partial charge >= 0.3 is 5.69 Å². The van der Waals surface area contributed by atoms with Crippen molar-refractivity contribution in [2.75, 3.05) is 5.43 Å². The number of nitrogens with zero attached hydrogens (tertiary/aromatic N) is 4. The van der Waals surface area contributed by atoms with Crippen LogP contribution in [0.1, 0.15) is 12.5 Å². The molecule has 1 aromatic carbocycles. The lowest BCUT2D eigenvalue weighted by atomic mass is 10.2. The molecule has 0 unspecified atom stereocenters. The molecule has 0 saturated heterocycles. The van der Waals surface area contributed by atoms with Gasteiger partial charge in [0.1, 0.15) is 0 Å². The number of hydrogen-bond donors (Lipinski definition) is 2. The average Bonchev–Trinajstić information content (AvgIpc) is 2.93. The minimum absolute atomic E-state index is 0.318. The first-order valence-corrected chi connectivity index (χ1v) is 7.15. The highest BCUT2D eigenvalue weighted by Gasteiger charge is 2.15. The number of benzene rings is 1. The largest absolute Gasteiger partial charge is 0.329 e. The molecule has 0 bridgehead atoms. The summed E-state index contributed by atoms with van der Waals surface area (Å²) in [5.74, 6) is 0.404. The van der Waals surface area contributed by atoms with Gasteiger partial charge < -0.3 is 4.57 Å². The Labute approximate surface area is 131 Å². The lowest BCUT2D eigenvalue weighted by Gasteiger charge is -2.03. The third-order valence-electron chi connectivity index (χ3n) is 3.50. The van der Waals surface area contributed by atoms with Crippen molar-refractivity contribution >= 4 is 23.3 Å². The Balaban J connectivity index is 2.03. The van der Waals surface area contributed by atoms with Crippen LogP contribution in [0.25, 0.3) is 11.2 Å². The molecule has 2 heterocycles. The Morgan fingerprint density at radius 3 is 2.74 bits per heavy atom. The molecule has 8 heteroatoms. The van der Waals surface area contributed by atoms with Gasteiger partial charge in [-0.1, -0.05) is 30.3 Å². The van der Waals surface area contributed by atoms with Crippen LogP contribution in [-0.4, -0.2) is 25.3 Å². The molecule has 0 fully saturated rings. The van der Waals surface area contributed by atoms with Crippen molar-refractivity contribution < 1.29 is 0 Å². The fraction of sp³-hybridized carbons (Fsp3) is 0.200. The van der Waals surface area contributed by atoms with Crippen LogP contribution in [0.3, 0.4) is 0 Å². The molecule has 0 aliphatic carbocycles. The summed E-state index contributed by atoms with van der Waals surface area (Å²) in [5.41, 5.74) is 3.46. The van der Waals surface area contributed by atoms with Gasteiger partial charge in [0.05, 0.1) is 6.21 Å². The van der Waals surface area contributed by atoms with Crippen LogP contribution < -0.4 is 16.7 Å². The van der Waals surface area contributed by atoms with Gasteiger partial charge in [0.15, 0.2) is 11.2 Å². The molecule has 0 amide bonds. The summed E-state index contributed by atoms with van der Waals surface area (Å²) in [6.07, 6.45) is 1.66. The second-order valence-electron chi connectivity index (χ2n) is 4.95. The van der Waals surface area contributed by atoms with Gasteiger partial charge in [-0.2, -0.15) is 10.1 Å². The normalized spacial score (nSPS) is 11.4.